The van der Waals surface area contributed by atoms with Gasteiger partial charge in [0.1, 0.15) is 0 Å². The second kappa shape index (κ2) is 3.72. The molecule has 102 valence electrons. The van der Waals surface area contributed by atoms with E-state index in [9.17, 15) is 8.42 Å². The minimum Gasteiger partial charge on any atom is -0.315 e. The third-order valence-electron chi connectivity index (χ3n) is 6.04. The maximum Gasteiger partial charge on any atom is 0.160 e. The second-order valence-electron chi connectivity index (χ2n) is 7.26. The van der Waals surface area contributed by atoms with Gasteiger partial charge in [0.2, 0.25) is 0 Å². The van der Waals surface area contributed by atoms with E-state index in [4.69, 9.17) is 0 Å². The van der Waals surface area contributed by atoms with Gasteiger partial charge in [-0.05, 0) is 69.2 Å². The third kappa shape index (κ3) is 1.48. The molecule has 1 atom stereocenters. The van der Waals surface area contributed by atoms with Crippen LogP contribution in [0.4, 0.5) is 0 Å². The van der Waals surface area contributed by atoms with E-state index in [1.807, 2.05) is 0 Å². The Kier molecular flexibility index (Phi) is 2.42. The van der Waals surface area contributed by atoms with Crippen molar-refractivity contribution >= 4 is 9.84 Å². The molecule has 5 rings (SSSR count). The molecule has 0 aromatic rings. The van der Waals surface area contributed by atoms with Crippen LogP contribution in [0.15, 0.2) is 0 Å². The highest BCUT2D eigenvalue weighted by atomic mass is 32.2. The van der Waals surface area contributed by atoms with Crippen LogP contribution in [0.5, 0.6) is 0 Å². The van der Waals surface area contributed by atoms with Crippen molar-refractivity contribution in [1.82, 2.24) is 5.32 Å². The number of nitrogens with one attached hydrogen (secondary N) is 1. The molecule has 1 aliphatic heterocycles. The Morgan fingerprint density at radius 3 is 1.94 bits per heavy atom. The Hall–Kier alpha value is -0.0900. The molecule has 0 spiro atoms. The number of hydrogen-bond donors (Lipinski definition) is 1. The van der Waals surface area contributed by atoms with Gasteiger partial charge in [-0.1, -0.05) is 0 Å². The van der Waals surface area contributed by atoms with E-state index in [0.717, 1.165) is 50.0 Å². The van der Waals surface area contributed by atoms with Gasteiger partial charge in [-0.15, -0.1) is 0 Å². The molecule has 1 heterocycles. The van der Waals surface area contributed by atoms with Crippen LogP contribution in [0, 0.1) is 17.8 Å². The van der Waals surface area contributed by atoms with Crippen molar-refractivity contribution in [2.75, 3.05) is 13.1 Å². The zero-order valence-electron chi connectivity index (χ0n) is 10.9. The highest BCUT2D eigenvalue weighted by Gasteiger charge is 2.58. The van der Waals surface area contributed by atoms with Crippen molar-refractivity contribution < 1.29 is 8.42 Å². The SMILES string of the molecule is O=S(=O)(C1CCNC1)C12CC3CC(CC(C3)C1)C2. The van der Waals surface area contributed by atoms with E-state index < -0.39 is 9.84 Å². The highest BCUT2D eigenvalue weighted by molar-refractivity contribution is 7.93. The molecule has 0 aromatic heterocycles. The van der Waals surface area contributed by atoms with Crippen molar-refractivity contribution in [2.24, 2.45) is 17.8 Å². The summed E-state index contributed by atoms with van der Waals surface area (Å²) in [5, 5.41) is 3.14. The van der Waals surface area contributed by atoms with Gasteiger partial charge in [-0.3, -0.25) is 0 Å². The average molecular weight is 269 g/mol. The maximum atomic E-state index is 13.0. The van der Waals surface area contributed by atoms with Crippen molar-refractivity contribution in [1.29, 1.82) is 0 Å². The van der Waals surface area contributed by atoms with Crippen LogP contribution >= 0.6 is 0 Å². The summed E-state index contributed by atoms with van der Waals surface area (Å²) in [4.78, 5) is 0. The molecule has 5 aliphatic rings. The zero-order valence-corrected chi connectivity index (χ0v) is 11.7. The molecule has 0 aromatic carbocycles. The Morgan fingerprint density at radius 1 is 0.944 bits per heavy atom. The fourth-order valence-electron chi connectivity index (χ4n) is 5.63. The molecule has 1 saturated heterocycles. The molecule has 1 N–H and O–H groups in total. The van der Waals surface area contributed by atoms with Crippen molar-refractivity contribution in [2.45, 2.75) is 54.9 Å². The van der Waals surface area contributed by atoms with Crippen molar-refractivity contribution in [3.05, 3.63) is 0 Å². The summed E-state index contributed by atoms with van der Waals surface area (Å²) in [6, 6.07) is 0. The molecule has 3 nitrogen and oxygen atoms in total. The molecule has 4 bridgehead atoms. The molecular formula is C14H23NO2S. The molecule has 4 saturated carbocycles. The Bertz CT molecular complexity index is 415. The molecule has 0 radical (unpaired) electrons. The van der Waals surface area contributed by atoms with E-state index in [1.165, 1.54) is 19.3 Å². The number of sulfone groups is 1. The first-order valence-corrected chi connectivity index (χ1v) is 9.08. The van der Waals surface area contributed by atoms with Crippen molar-refractivity contribution in [3.8, 4) is 0 Å². The van der Waals surface area contributed by atoms with Crippen LogP contribution in [0.2, 0.25) is 0 Å². The fraction of sp³-hybridized carbons (Fsp3) is 1.00. The molecule has 1 unspecified atom stereocenters. The summed E-state index contributed by atoms with van der Waals surface area (Å²) in [6.07, 6.45) is 7.74. The Morgan fingerprint density at radius 2 is 1.50 bits per heavy atom. The second-order valence-corrected chi connectivity index (χ2v) is 9.88. The highest BCUT2D eigenvalue weighted by Crippen LogP contribution is 2.59. The first-order chi connectivity index (χ1) is 8.59. The van der Waals surface area contributed by atoms with E-state index in [-0.39, 0.29) is 10.00 Å². The largest absolute Gasteiger partial charge is 0.315 e. The van der Waals surface area contributed by atoms with E-state index in [2.05, 4.69) is 5.32 Å². The smallest absolute Gasteiger partial charge is 0.160 e. The third-order valence-corrected chi connectivity index (χ3v) is 9.03. The van der Waals surface area contributed by atoms with Gasteiger partial charge in [-0.2, -0.15) is 0 Å². The summed E-state index contributed by atoms with van der Waals surface area (Å²) < 4.78 is 25.8. The van der Waals surface area contributed by atoms with Crippen LogP contribution in [0.3, 0.4) is 0 Å². The summed E-state index contributed by atoms with van der Waals surface area (Å²) in [5.41, 5.74) is 0. The molecule has 4 aliphatic carbocycles. The number of rotatable bonds is 2. The quantitative estimate of drug-likeness (QED) is 0.830. The summed E-state index contributed by atoms with van der Waals surface area (Å²) in [6.45, 7) is 1.58. The normalized spacial score (nSPS) is 50.9. The summed E-state index contributed by atoms with van der Waals surface area (Å²) in [5.74, 6) is 2.17. The predicted molar refractivity (Wildman–Crippen MR) is 71.1 cm³/mol. The van der Waals surface area contributed by atoms with E-state index in [1.54, 1.807) is 0 Å². The summed E-state index contributed by atoms with van der Waals surface area (Å²) >= 11 is 0. The lowest BCUT2D eigenvalue weighted by Gasteiger charge is -2.56. The lowest BCUT2D eigenvalue weighted by atomic mass is 9.56. The number of hydrogen-bond acceptors (Lipinski definition) is 3. The molecule has 0 amide bonds. The van der Waals surface area contributed by atoms with Gasteiger partial charge in [0.05, 0.1) is 10.00 Å². The minimum atomic E-state index is -2.92. The van der Waals surface area contributed by atoms with Crippen molar-refractivity contribution in [3.63, 3.8) is 0 Å². The van der Waals surface area contributed by atoms with Gasteiger partial charge < -0.3 is 5.32 Å². The van der Waals surface area contributed by atoms with Crippen LogP contribution < -0.4 is 5.32 Å². The van der Waals surface area contributed by atoms with E-state index in [0.29, 0.717) is 6.54 Å². The van der Waals surface area contributed by atoms with Gasteiger partial charge in [0, 0.05) is 6.54 Å². The average Bonchev–Trinajstić information content (AvgIpc) is 2.80. The van der Waals surface area contributed by atoms with Gasteiger partial charge in [0.15, 0.2) is 9.84 Å². The maximum absolute atomic E-state index is 13.0. The Balaban J connectivity index is 1.70. The van der Waals surface area contributed by atoms with Gasteiger partial charge in [-0.25, -0.2) is 8.42 Å². The molecule has 5 fully saturated rings. The minimum absolute atomic E-state index is 0.0891. The summed E-state index contributed by atoms with van der Waals surface area (Å²) in [7, 11) is -2.92. The molecule has 4 heteroatoms. The van der Waals surface area contributed by atoms with E-state index >= 15 is 0 Å². The first kappa shape index (κ1) is 11.7. The topological polar surface area (TPSA) is 46.2 Å². The molecular weight excluding hydrogens is 246 g/mol. The van der Waals surface area contributed by atoms with Gasteiger partial charge in [0.25, 0.3) is 0 Å². The van der Waals surface area contributed by atoms with Crippen LogP contribution in [-0.2, 0) is 9.84 Å². The lowest BCUT2D eigenvalue weighted by molar-refractivity contribution is 0.0335. The van der Waals surface area contributed by atoms with Gasteiger partial charge >= 0.3 is 0 Å². The van der Waals surface area contributed by atoms with Crippen LogP contribution in [0.1, 0.15) is 44.9 Å². The van der Waals surface area contributed by atoms with Crippen LogP contribution in [0.25, 0.3) is 0 Å². The predicted octanol–water partition coefficient (Wildman–Crippen LogP) is 1.73. The first-order valence-electron chi connectivity index (χ1n) is 7.53. The molecule has 18 heavy (non-hydrogen) atoms. The van der Waals surface area contributed by atoms with Crippen LogP contribution in [-0.4, -0.2) is 31.5 Å². The Labute approximate surface area is 110 Å². The lowest BCUT2D eigenvalue weighted by Crippen LogP contribution is -2.57. The standard InChI is InChI=1S/C14H23NO2S/c16-18(17,13-1-2-15-9-13)14-6-10-3-11(7-14)5-12(4-10)8-14/h10-13,15H,1-9H2. The fourth-order valence-corrected chi connectivity index (χ4v) is 8.50. The zero-order chi connectivity index (χ0) is 12.4. The monoisotopic (exact) mass is 269 g/mol.